The lowest BCUT2D eigenvalue weighted by molar-refractivity contribution is -0.140. The Morgan fingerprint density at radius 3 is 1.82 bits per heavy atom. The fraction of sp³-hybridized carbons (Fsp3) is 0.235. The van der Waals surface area contributed by atoms with E-state index in [-0.39, 0.29) is 5.97 Å². The van der Waals surface area contributed by atoms with Crippen LogP contribution in [0.15, 0.2) is 53.4 Å². The first kappa shape index (κ1) is 16.2. The Morgan fingerprint density at radius 1 is 0.864 bits per heavy atom. The first-order valence-corrected chi connectivity index (χ1v) is 7.58. The van der Waals surface area contributed by atoms with E-state index in [9.17, 15) is 4.79 Å². The van der Waals surface area contributed by atoms with E-state index in [1.165, 1.54) is 18.9 Å². The Hall–Kier alpha value is -2.14. The lowest BCUT2D eigenvalue weighted by Gasteiger charge is -2.15. The molecule has 2 aromatic rings. The highest BCUT2D eigenvalue weighted by Crippen LogP contribution is 2.37. The molecule has 0 fully saturated rings. The summed E-state index contributed by atoms with van der Waals surface area (Å²) in [6, 6.07) is 15.0. The molecule has 0 radical (unpaired) electrons. The summed E-state index contributed by atoms with van der Waals surface area (Å²) in [7, 11) is 4.63. The maximum atomic E-state index is 12.1. The molecule has 22 heavy (non-hydrogen) atoms. The zero-order valence-corrected chi connectivity index (χ0v) is 13.6. The fourth-order valence-corrected chi connectivity index (χ4v) is 2.98. The van der Waals surface area contributed by atoms with E-state index < -0.39 is 5.25 Å². The van der Waals surface area contributed by atoms with E-state index in [1.54, 1.807) is 14.2 Å². The van der Waals surface area contributed by atoms with Crippen molar-refractivity contribution in [1.29, 1.82) is 0 Å². The van der Waals surface area contributed by atoms with Gasteiger partial charge in [-0.25, -0.2) is 0 Å². The van der Waals surface area contributed by atoms with Crippen LogP contribution in [0, 0.1) is 0 Å². The number of carbonyl (C=O) groups is 1. The van der Waals surface area contributed by atoms with Crippen molar-refractivity contribution in [2.75, 3.05) is 21.3 Å². The van der Waals surface area contributed by atoms with Crippen molar-refractivity contribution in [1.82, 2.24) is 0 Å². The Kier molecular flexibility index (Phi) is 5.72. The molecule has 2 aromatic carbocycles. The molecule has 1 unspecified atom stereocenters. The van der Waals surface area contributed by atoms with Gasteiger partial charge < -0.3 is 14.2 Å². The maximum absolute atomic E-state index is 12.1. The monoisotopic (exact) mass is 318 g/mol. The highest BCUT2D eigenvalue weighted by Gasteiger charge is 2.23. The molecule has 4 nitrogen and oxygen atoms in total. The molecular weight excluding hydrogens is 300 g/mol. The van der Waals surface area contributed by atoms with Gasteiger partial charge in [0, 0.05) is 4.90 Å². The van der Waals surface area contributed by atoms with E-state index in [0.717, 1.165) is 22.0 Å². The summed E-state index contributed by atoms with van der Waals surface area (Å²) < 4.78 is 15.2. The summed E-state index contributed by atoms with van der Waals surface area (Å²) in [6.45, 7) is 0. The molecule has 2 rings (SSSR count). The Morgan fingerprint density at radius 2 is 1.36 bits per heavy atom. The molecule has 0 saturated carbocycles. The molecule has 5 heteroatoms. The Labute approximate surface area is 134 Å². The van der Waals surface area contributed by atoms with Crippen molar-refractivity contribution in [3.8, 4) is 11.5 Å². The standard InChI is InChI=1S/C17H18O4S/c1-19-13-6-4-12(5-7-13)16(17(18)21-3)22-15-10-8-14(20-2)9-11-15/h4-11,16H,1-3H3. The van der Waals surface area contributed by atoms with Crippen LogP contribution >= 0.6 is 11.8 Å². The van der Waals surface area contributed by atoms with Gasteiger partial charge in [0.25, 0.3) is 0 Å². The van der Waals surface area contributed by atoms with Crippen LogP contribution in [0.2, 0.25) is 0 Å². The lowest BCUT2D eigenvalue weighted by Crippen LogP contribution is -2.11. The normalized spacial score (nSPS) is 11.6. The second-order valence-corrected chi connectivity index (χ2v) is 5.65. The molecule has 0 aliphatic rings. The predicted octanol–water partition coefficient (Wildman–Crippen LogP) is 3.71. The summed E-state index contributed by atoms with van der Waals surface area (Å²) in [5.41, 5.74) is 0.869. The average molecular weight is 318 g/mol. The smallest absolute Gasteiger partial charge is 0.323 e. The number of ether oxygens (including phenoxy) is 3. The minimum Gasteiger partial charge on any atom is -0.497 e. The second-order valence-electron chi connectivity index (χ2n) is 4.47. The molecule has 0 aromatic heterocycles. The molecule has 0 aliphatic heterocycles. The molecule has 0 bridgehead atoms. The average Bonchev–Trinajstić information content (AvgIpc) is 2.59. The van der Waals surface area contributed by atoms with Gasteiger partial charge in [-0.1, -0.05) is 12.1 Å². The second kappa shape index (κ2) is 7.75. The number of methoxy groups -OCH3 is 3. The number of esters is 1. The zero-order chi connectivity index (χ0) is 15.9. The number of hydrogen-bond acceptors (Lipinski definition) is 5. The van der Waals surface area contributed by atoms with Crippen LogP contribution in [-0.2, 0) is 9.53 Å². The summed E-state index contributed by atoms with van der Waals surface area (Å²) in [5.74, 6) is 1.25. The zero-order valence-electron chi connectivity index (χ0n) is 12.7. The van der Waals surface area contributed by atoms with Gasteiger partial charge >= 0.3 is 5.97 Å². The molecule has 0 aliphatic carbocycles. The van der Waals surface area contributed by atoms with Gasteiger partial charge in [0.2, 0.25) is 0 Å². The largest absolute Gasteiger partial charge is 0.497 e. The fourth-order valence-electron chi connectivity index (χ4n) is 1.93. The molecule has 116 valence electrons. The lowest BCUT2D eigenvalue weighted by atomic mass is 10.1. The summed E-state index contributed by atoms with van der Waals surface area (Å²) in [6.07, 6.45) is 0. The molecule has 0 heterocycles. The van der Waals surface area contributed by atoms with Crippen LogP contribution in [0.5, 0.6) is 11.5 Å². The topological polar surface area (TPSA) is 44.8 Å². The van der Waals surface area contributed by atoms with Gasteiger partial charge in [0.1, 0.15) is 16.7 Å². The third-order valence-corrected chi connectivity index (χ3v) is 4.39. The molecule has 1 atom stereocenters. The number of benzene rings is 2. The van der Waals surface area contributed by atoms with Crippen LogP contribution in [0.3, 0.4) is 0 Å². The highest BCUT2D eigenvalue weighted by molar-refractivity contribution is 8.00. The van der Waals surface area contributed by atoms with Gasteiger partial charge in [-0.05, 0) is 42.0 Å². The Balaban J connectivity index is 2.22. The van der Waals surface area contributed by atoms with Gasteiger partial charge in [-0.2, -0.15) is 0 Å². The molecule has 0 spiro atoms. The Bertz CT molecular complexity index is 608. The first-order chi connectivity index (χ1) is 10.7. The van der Waals surface area contributed by atoms with Crippen LogP contribution in [-0.4, -0.2) is 27.3 Å². The van der Waals surface area contributed by atoms with Crippen LogP contribution in [0.4, 0.5) is 0 Å². The summed E-state index contributed by atoms with van der Waals surface area (Å²) in [5, 5.41) is -0.427. The van der Waals surface area contributed by atoms with Crippen LogP contribution in [0.25, 0.3) is 0 Å². The van der Waals surface area contributed by atoms with E-state index in [1.807, 2.05) is 48.5 Å². The van der Waals surface area contributed by atoms with E-state index in [4.69, 9.17) is 14.2 Å². The summed E-state index contributed by atoms with van der Waals surface area (Å²) >= 11 is 1.44. The molecular formula is C17H18O4S. The predicted molar refractivity (Wildman–Crippen MR) is 86.6 cm³/mol. The van der Waals surface area contributed by atoms with E-state index in [2.05, 4.69) is 0 Å². The van der Waals surface area contributed by atoms with Crippen LogP contribution < -0.4 is 9.47 Å². The minimum atomic E-state index is -0.427. The van der Waals surface area contributed by atoms with Gasteiger partial charge in [0.15, 0.2) is 0 Å². The van der Waals surface area contributed by atoms with Crippen molar-refractivity contribution >= 4 is 17.7 Å². The molecule has 0 N–H and O–H groups in total. The van der Waals surface area contributed by atoms with E-state index >= 15 is 0 Å². The van der Waals surface area contributed by atoms with Crippen molar-refractivity contribution in [3.63, 3.8) is 0 Å². The highest BCUT2D eigenvalue weighted by atomic mass is 32.2. The first-order valence-electron chi connectivity index (χ1n) is 6.70. The van der Waals surface area contributed by atoms with Crippen molar-refractivity contribution < 1.29 is 19.0 Å². The van der Waals surface area contributed by atoms with Crippen molar-refractivity contribution in [2.24, 2.45) is 0 Å². The molecule has 0 saturated heterocycles. The number of rotatable bonds is 6. The third-order valence-electron chi connectivity index (χ3n) is 3.15. The number of carbonyl (C=O) groups excluding carboxylic acids is 1. The summed E-state index contributed by atoms with van der Waals surface area (Å²) in [4.78, 5) is 13.1. The number of thioether (sulfide) groups is 1. The van der Waals surface area contributed by atoms with Gasteiger partial charge in [0.05, 0.1) is 21.3 Å². The minimum absolute atomic E-state index is 0.286. The van der Waals surface area contributed by atoms with E-state index in [0.29, 0.717) is 0 Å². The van der Waals surface area contributed by atoms with Gasteiger partial charge in [-0.15, -0.1) is 11.8 Å². The number of hydrogen-bond donors (Lipinski definition) is 0. The van der Waals surface area contributed by atoms with Gasteiger partial charge in [-0.3, -0.25) is 4.79 Å². The van der Waals surface area contributed by atoms with Crippen molar-refractivity contribution in [2.45, 2.75) is 10.1 Å². The molecule has 0 amide bonds. The van der Waals surface area contributed by atoms with Crippen molar-refractivity contribution in [3.05, 3.63) is 54.1 Å². The third kappa shape index (κ3) is 3.95. The SMILES string of the molecule is COC(=O)C(Sc1ccc(OC)cc1)c1ccc(OC)cc1. The van der Waals surface area contributed by atoms with Crippen LogP contribution in [0.1, 0.15) is 10.8 Å². The maximum Gasteiger partial charge on any atom is 0.323 e. The quantitative estimate of drug-likeness (QED) is 0.600.